The number of hydrogen-bond acceptors (Lipinski definition) is 4. The van der Waals surface area contributed by atoms with Crippen molar-refractivity contribution in [1.29, 1.82) is 0 Å². The summed E-state index contributed by atoms with van der Waals surface area (Å²) in [6.07, 6.45) is 0. The second-order valence-corrected chi connectivity index (χ2v) is 9.08. The molecule has 0 saturated heterocycles. The van der Waals surface area contributed by atoms with Gasteiger partial charge in [-0.25, -0.2) is 9.37 Å². The summed E-state index contributed by atoms with van der Waals surface area (Å²) in [5.41, 5.74) is 4.00. The van der Waals surface area contributed by atoms with Crippen molar-refractivity contribution < 1.29 is 8.94 Å². The molecule has 2 rings (SSSR count). The topological polar surface area (TPSA) is 48.0 Å². The number of benzene rings is 1. The molecule has 0 aliphatic rings. The monoisotopic (exact) mass is 340 g/mol. The molecule has 1 N–H and O–H groups in total. The molecular formula is C16H21FN2OS2. The standard InChI is InChI=1S/C16H21FN2OS2/c1-10(19-22(20)16(3,4)5)13-7-6-12(8-14(13)17)15-11(2)18-9-21-15/h6-10,19H,1-5H3/t10-,22?/m0/s1. The first-order valence-electron chi connectivity index (χ1n) is 7.08. The van der Waals surface area contributed by atoms with E-state index in [-0.39, 0.29) is 16.6 Å². The van der Waals surface area contributed by atoms with Crippen molar-refractivity contribution in [2.24, 2.45) is 0 Å². The highest BCUT2D eigenvalue weighted by atomic mass is 32.2. The highest BCUT2D eigenvalue weighted by molar-refractivity contribution is 7.90. The molecule has 1 aromatic heterocycles. The molecule has 0 amide bonds. The van der Waals surface area contributed by atoms with E-state index in [0.29, 0.717) is 5.56 Å². The maximum Gasteiger partial charge on any atom is 0.136 e. The molecule has 120 valence electrons. The van der Waals surface area contributed by atoms with Crippen LogP contribution in [-0.2, 0) is 11.4 Å². The van der Waals surface area contributed by atoms with Gasteiger partial charge in [0.1, 0.15) is 10.6 Å². The summed E-state index contributed by atoms with van der Waals surface area (Å²) in [5.74, 6) is -0.295. The summed E-state index contributed by atoms with van der Waals surface area (Å²) in [5, 5.41) is 0. The van der Waals surface area contributed by atoms with Gasteiger partial charge in [-0.05, 0) is 46.2 Å². The van der Waals surface area contributed by atoms with Crippen molar-refractivity contribution in [2.75, 3.05) is 0 Å². The molecule has 22 heavy (non-hydrogen) atoms. The predicted molar refractivity (Wildman–Crippen MR) is 91.7 cm³/mol. The Morgan fingerprint density at radius 1 is 1.36 bits per heavy atom. The lowest BCUT2D eigenvalue weighted by molar-refractivity contribution is 0.522. The quantitative estimate of drug-likeness (QED) is 0.841. The van der Waals surface area contributed by atoms with Crippen molar-refractivity contribution in [3.05, 3.63) is 40.8 Å². The van der Waals surface area contributed by atoms with Crippen LogP contribution in [0.1, 0.15) is 45.0 Å². The lowest BCUT2D eigenvalue weighted by atomic mass is 10.0. The fraction of sp³-hybridized carbons (Fsp3) is 0.438. The van der Waals surface area contributed by atoms with Crippen LogP contribution in [0.15, 0.2) is 23.7 Å². The average molecular weight is 340 g/mol. The van der Waals surface area contributed by atoms with Gasteiger partial charge in [0.2, 0.25) is 0 Å². The van der Waals surface area contributed by atoms with Gasteiger partial charge in [0.15, 0.2) is 0 Å². The fourth-order valence-electron chi connectivity index (χ4n) is 2.00. The van der Waals surface area contributed by atoms with E-state index in [2.05, 4.69) is 9.71 Å². The fourth-order valence-corrected chi connectivity index (χ4v) is 3.60. The third-order valence-electron chi connectivity index (χ3n) is 3.31. The first-order valence-corrected chi connectivity index (χ1v) is 9.11. The summed E-state index contributed by atoms with van der Waals surface area (Å²) >= 11 is 0.258. The van der Waals surface area contributed by atoms with Gasteiger partial charge in [-0.1, -0.05) is 12.1 Å². The Bertz CT molecular complexity index is 652. The second kappa shape index (κ2) is 6.66. The maximum atomic E-state index is 14.4. The number of aromatic nitrogens is 1. The average Bonchev–Trinajstić information content (AvgIpc) is 2.83. The Morgan fingerprint density at radius 3 is 2.55 bits per heavy atom. The van der Waals surface area contributed by atoms with E-state index < -0.39 is 11.4 Å². The first-order chi connectivity index (χ1) is 10.2. The van der Waals surface area contributed by atoms with Crippen LogP contribution in [0.4, 0.5) is 4.39 Å². The zero-order valence-electron chi connectivity index (χ0n) is 13.4. The van der Waals surface area contributed by atoms with Gasteiger partial charge in [0.25, 0.3) is 0 Å². The minimum atomic E-state index is -1.24. The minimum Gasteiger partial charge on any atom is -0.598 e. The van der Waals surface area contributed by atoms with Crippen LogP contribution in [0.5, 0.6) is 0 Å². The lowest BCUT2D eigenvalue weighted by Gasteiger charge is -2.26. The smallest absolute Gasteiger partial charge is 0.136 e. The van der Waals surface area contributed by atoms with Crippen molar-refractivity contribution in [1.82, 2.24) is 9.71 Å². The molecule has 0 spiro atoms. The van der Waals surface area contributed by atoms with Gasteiger partial charge in [-0.2, -0.15) is 0 Å². The minimum absolute atomic E-state index is 0.295. The molecule has 0 fully saturated rings. The summed E-state index contributed by atoms with van der Waals surface area (Å²) < 4.78 is 29.1. The van der Waals surface area contributed by atoms with Crippen molar-refractivity contribution in [3.63, 3.8) is 0 Å². The number of thiazole rings is 1. The molecule has 1 unspecified atom stereocenters. The molecule has 0 aliphatic heterocycles. The van der Waals surface area contributed by atoms with Gasteiger partial charge in [-0.15, -0.1) is 16.1 Å². The lowest BCUT2D eigenvalue weighted by Crippen LogP contribution is -2.40. The van der Waals surface area contributed by atoms with Crippen LogP contribution in [0.2, 0.25) is 0 Å². The van der Waals surface area contributed by atoms with Gasteiger partial charge in [0.05, 0.1) is 22.1 Å². The van der Waals surface area contributed by atoms with Crippen LogP contribution in [0.3, 0.4) is 0 Å². The van der Waals surface area contributed by atoms with Crippen molar-refractivity contribution in [2.45, 2.75) is 45.4 Å². The highest BCUT2D eigenvalue weighted by Gasteiger charge is 2.29. The Labute approximate surface area is 138 Å². The molecule has 1 heterocycles. The van der Waals surface area contributed by atoms with Crippen molar-refractivity contribution >= 4 is 22.7 Å². The Kier molecular flexibility index (Phi) is 5.27. The van der Waals surface area contributed by atoms with E-state index in [1.165, 1.54) is 17.4 Å². The molecule has 2 aromatic rings. The number of hydrogen-bond donors (Lipinski definition) is 1. The molecule has 0 radical (unpaired) electrons. The molecule has 0 aliphatic carbocycles. The zero-order chi connectivity index (χ0) is 16.5. The summed E-state index contributed by atoms with van der Waals surface area (Å²) in [6.45, 7) is 9.38. The molecule has 6 heteroatoms. The first kappa shape index (κ1) is 17.4. The highest BCUT2D eigenvalue weighted by Crippen LogP contribution is 2.30. The van der Waals surface area contributed by atoms with Gasteiger partial charge >= 0.3 is 0 Å². The Balaban J connectivity index is 2.21. The predicted octanol–water partition coefficient (Wildman–Crippen LogP) is 4.37. The Hall–Kier alpha value is -0.950. The third kappa shape index (κ3) is 3.87. The largest absolute Gasteiger partial charge is 0.598 e. The number of rotatable bonds is 4. The van der Waals surface area contributed by atoms with Crippen LogP contribution in [-0.4, -0.2) is 14.3 Å². The van der Waals surface area contributed by atoms with E-state index in [4.69, 9.17) is 0 Å². The van der Waals surface area contributed by atoms with E-state index in [9.17, 15) is 8.94 Å². The molecule has 0 bridgehead atoms. The van der Waals surface area contributed by atoms with Gasteiger partial charge in [-0.3, -0.25) is 0 Å². The second-order valence-electron chi connectivity index (χ2n) is 6.22. The molecular weight excluding hydrogens is 319 g/mol. The number of aryl methyl sites for hydroxylation is 1. The van der Waals surface area contributed by atoms with E-state index in [0.717, 1.165) is 16.1 Å². The molecule has 2 atom stereocenters. The number of halogens is 1. The maximum absolute atomic E-state index is 14.4. The summed E-state index contributed by atoms with van der Waals surface area (Å²) in [6, 6.07) is 4.84. The SMILES string of the molecule is Cc1ncsc1-c1ccc([C@H](C)N[S+]([O-])C(C)(C)C)c(F)c1. The molecule has 0 saturated carbocycles. The van der Waals surface area contributed by atoms with Crippen LogP contribution in [0.25, 0.3) is 10.4 Å². The van der Waals surface area contributed by atoms with Crippen LogP contribution in [0, 0.1) is 12.7 Å². The van der Waals surface area contributed by atoms with Gasteiger partial charge < -0.3 is 4.55 Å². The van der Waals surface area contributed by atoms with E-state index in [1.807, 2.05) is 40.7 Å². The molecule has 1 aromatic carbocycles. The Morgan fingerprint density at radius 2 is 2.05 bits per heavy atom. The van der Waals surface area contributed by atoms with Crippen molar-refractivity contribution in [3.8, 4) is 10.4 Å². The zero-order valence-corrected chi connectivity index (χ0v) is 15.1. The number of nitrogens with zero attached hydrogens (tertiary/aromatic N) is 1. The summed E-state index contributed by atoms with van der Waals surface area (Å²) in [4.78, 5) is 5.17. The van der Waals surface area contributed by atoms with Crippen LogP contribution < -0.4 is 4.72 Å². The third-order valence-corrected chi connectivity index (χ3v) is 5.97. The molecule has 3 nitrogen and oxygen atoms in total. The number of nitrogens with one attached hydrogen (secondary N) is 1. The van der Waals surface area contributed by atoms with E-state index >= 15 is 0 Å². The normalized spacial score (nSPS) is 14.9. The van der Waals surface area contributed by atoms with Gasteiger partial charge in [0, 0.05) is 16.9 Å². The van der Waals surface area contributed by atoms with Crippen LogP contribution >= 0.6 is 11.3 Å². The van der Waals surface area contributed by atoms with E-state index in [1.54, 1.807) is 11.6 Å². The summed E-state index contributed by atoms with van der Waals surface area (Å²) in [7, 11) is 0.